The summed E-state index contributed by atoms with van der Waals surface area (Å²) in [5, 5.41) is 9.76. The summed E-state index contributed by atoms with van der Waals surface area (Å²) in [5.74, 6) is 0.00658. The maximum absolute atomic E-state index is 11.9. The van der Waals surface area contributed by atoms with E-state index in [0.717, 1.165) is 25.2 Å². The van der Waals surface area contributed by atoms with Gasteiger partial charge in [0.15, 0.2) is 0 Å². The Bertz CT molecular complexity index is 396. The molecule has 0 atom stereocenters. The molecule has 1 amide bonds. The molecule has 0 bridgehead atoms. The smallest absolute Gasteiger partial charge is 0.251 e. The largest absolute Gasteiger partial charge is 0.351 e. The van der Waals surface area contributed by atoms with Gasteiger partial charge in [-0.25, -0.2) is 0 Å². The van der Waals surface area contributed by atoms with Crippen molar-refractivity contribution in [2.45, 2.75) is 25.8 Å². The van der Waals surface area contributed by atoms with Crippen molar-refractivity contribution in [2.75, 3.05) is 26.2 Å². The van der Waals surface area contributed by atoms with Crippen molar-refractivity contribution in [3.63, 3.8) is 0 Å². The average molecular weight is 261 g/mol. The van der Waals surface area contributed by atoms with Crippen LogP contribution in [-0.2, 0) is 0 Å². The predicted octanol–water partition coefficient (Wildman–Crippen LogP) is 1.07. The van der Waals surface area contributed by atoms with E-state index in [2.05, 4.69) is 16.0 Å². The molecule has 0 spiro atoms. The van der Waals surface area contributed by atoms with E-state index in [1.165, 1.54) is 18.4 Å². The number of benzene rings is 1. The number of rotatable bonds is 5. The van der Waals surface area contributed by atoms with E-state index in [1.807, 2.05) is 31.2 Å². The van der Waals surface area contributed by atoms with Gasteiger partial charge in [-0.3, -0.25) is 4.79 Å². The molecule has 1 saturated heterocycles. The van der Waals surface area contributed by atoms with Gasteiger partial charge in [0.2, 0.25) is 0 Å². The Morgan fingerprint density at radius 1 is 1.21 bits per heavy atom. The summed E-state index contributed by atoms with van der Waals surface area (Å²) in [6.45, 7) is 5.71. The lowest BCUT2D eigenvalue weighted by Gasteiger charge is -2.23. The average Bonchev–Trinajstić information content (AvgIpc) is 2.45. The van der Waals surface area contributed by atoms with Gasteiger partial charge >= 0.3 is 0 Å². The van der Waals surface area contributed by atoms with Gasteiger partial charge in [0.1, 0.15) is 0 Å². The van der Waals surface area contributed by atoms with Crippen molar-refractivity contribution < 1.29 is 4.79 Å². The number of nitrogens with one attached hydrogen (secondary N) is 3. The van der Waals surface area contributed by atoms with Gasteiger partial charge in [-0.15, -0.1) is 0 Å². The Morgan fingerprint density at radius 2 is 1.89 bits per heavy atom. The minimum Gasteiger partial charge on any atom is -0.351 e. The molecule has 4 nitrogen and oxygen atoms in total. The second-order valence-corrected chi connectivity index (χ2v) is 5.10. The van der Waals surface area contributed by atoms with Crippen LogP contribution < -0.4 is 16.0 Å². The first-order valence-corrected chi connectivity index (χ1v) is 7.04. The maximum Gasteiger partial charge on any atom is 0.251 e. The molecule has 2 rings (SSSR count). The van der Waals surface area contributed by atoms with E-state index in [9.17, 15) is 4.79 Å². The summed E-state index contributed by atoms with van der Waals surface area (Å²) in [6, 6.07) is 8.25. The molecule has 3 N–H and O–H groups in total. The quantitative estimate of drug-likeness (QED) is 0.695. The number of hydrogen-bond donors (Lipinski definition) is 3. The molecule has 0 radical (unpaired) electrons. The molecule has 0 saturated carbocycles. The van der Waals surface area contributed by atoms with Gasteiger partial charge < -0.3 is 16.0 Å². The highest BCUT2D eigenvalue weighted by Crippen LogP contribution is 2.03. The van der Waals surface area contributed by atoms with E-state index in [4.69, 9.17) is 0 Å². The van der Waals surface area contributed by atoms with Crippen LogP contribution in [0.1, 0.15) is 28.8 Å². The molecular formula is C15H23N3O. The van der Waals surface area contributed by atoms with E-state index in [1.54, 1.807) is 0 Å². The van der Waals surface area contributed by atoms with Crippen LogP contribution in [0.2, 0.25) is 0 Å². The Morgan fingerprint density at radius 3 is 2.58 bits per heavy atom. The number of carbonyl (C=O) groups is 1. The standard InChI is InChI=1S/C15H23N3O/c1-12-2-4-13(5-3-12)15(19)18-11-10-17-14-6-8-16-9-7-14/h2-5,14,16-17H,6-11H2,1H3,(H,18,19). The van der Waals surface area contributed by atoms with Crippen LogP contribution in [0.5, 0.6) is 0 Å². The zero-order valence-corrected chi connectivity index (χ0v) is 11.5. The molecule has 0 unspecified atom stereocenters. The SMILES string of the molecule is Cc1ccc(C(=O)NCCNC2CCNCC2)cc1. The van der Waals surface area contributed by atoms with E-state index in [-0.39, 0.29) is 5.91 Å². The minimum atomic E-state index is 0.00658. The lowest BCUT2D eigenvalue weighted by atomic mass is 10.1. The van der Waals surface area contributed by atoms with Crippen molar-refractivity contribution in [1.29, 1.82) is 0 Å². The van der Waals surface area contributed by atoms with Gasteiger partial charge in [0.05, 0.1) is 0 Å². The molecule has 1 heterocycles. The first kappa shape index (κ1) is 14.0. The highest BCUT2D eigenvalue weighted by Gasteiger charge is 2.11. The summed E-state index contributed by atoms with van der Waals surface area (Å²) >= 11 is 0. The van der Waals surface area contributed by atoms with Crippen molar-refractivity contribution in [1.82, 2.24) is 16.0 Å². The third kappa shape index (κ3) is 4.65. The van der Waals surface area contributed by atoms with Crippen molar-refractivity contribution in [3.8, 4) is 0 Å². The molecule has 1 aliphatic heterocycles. The molecule has 4 heteroatoms. The monoisotopic (exact) mass is 261 g/mol. The zero-order valence-electron chi connectivity index (χ0n) is 11.5. The summed E-state index contributed by atoms with van der Waals surface area (Å²) in [5.41, 5.74) is 1.90. The van der Waals surface area contributed by atoms with Crippen LogP contribution in [0.3, 0.4) is 0 Å². The third-order valence-electron chi connectivity index (χ3n) is 3.50. The van der Waals surface area contributed by atoms with Crippen LogP contribution in [0, 0.1) is 6.92 Å². The van der Waals surface area contributed by atoms with E-state index < -0.39 is 0 Å². The fourth-order valence-electron chi connectivity index (χ4n) is 2.29. The van der Waals surface area contributed by atoms with E-state index in [0.29, 0.717) is 12.6 Å². The number of piperidine rings is 1. The highest BCUT2D eigenvalue weighted by molar-refractivity contribution is 5.94. The van der Waals surface area contributed by atoms with Gasteiger partial charge in [-0.05, 0) is 45.0 Å². The fraction of sp³-hybridized carbons (Fsp3) is 0.533. The predicted molar refractivity (Wildman–Crippen MR) is 77.4 cm³/mol. The van der Waals surface area contributed by atoms with Gasteiger partial charge in [-0.2, -0.15) is 0 Å². The summed E-state index contributed by atoms with van der Waals surface area (Å²) in [7, 11) is 0. The Hall–Kier alpha value is -1.39. The highest BCUT2D eigenvalue weighted by atomic mass is 16.1. The van der Waals surface area contributed by atoms with Crippen molar-refractivity contribution >= 4 is 5.91 Å². The summed E-state index contributed by atoms with van der Waals surface area (Å²) in [6.07, 6.45) is 2.35. The molecule has 1 fully saturated rings. The summed E-state index contributed by atoms with van der Waals surface area (Å²) in [4.78, 5) is 11.9. The summed E-state index contributed by atoms with van der Waals surface area (Å²) < 4.78 is 0. The Balaban J connectivity index is 1.64. The minimum absolute atomic E-state index is 0.00658. The lowest BCUT2D eigenvalue weighted by Crippen LogP contribution is -2.42. The van der Waals surface area contributed by atoms with Gasteiger partial charge in [-0.1, -0.05) is 17.7 Å². The van der Waals surface area contributed by atoms with Crippen molar-refractivity contribution in [2.24, 2.45) is 0 Å². The van der Waals surface area contributed by atoms with E-state index >= 15 is 0 Å². The van der Waals surface area contributed by atoms with Gasteiger partial charge in [0, 0.05) is 24.7 Å². The second-order valence-electron chi connectivity index (χ2n) is 5.10. The first-order valence-electron chi connectivity index (χ1n) is 7.04. The first-order chi connectivity index (χ1) is 9.25. The van der Waals surface area contributed by atoms with Crippen LogP contribution >= 0.6 is 0 Å². The number of hydrogen-bond acceptors (Lipinski definition) is 3. The van der Waals surface area contributed by atoms with Crippen LogP contribution in [0.4, 0.5) is 0 Å². The molecule has 104 valence electrons. The number of carbonyl (C=O) groups excluding carboxylic acids is 1. The van der Waals surface area contributed by atoms with Crippen LogP contribution in [0.25, 0.3) is 0 Å². The molecule has 1 aromatic carbocycles. The maximum atomic E-state index is 11.9. The number of amides is 1. The topological polar surface area (TPSA) is 53.2 Å². The molecule has 1 aliphatic rings. The number of aryl methyl sites for hydroxylation is 1. The second kappa shape index (κ2) is 7.26. The third-order valence-corrected chi connectivity index (χ3v) is 3.50. The normalized spacial score (nSPS) is 16.3. The fourth-order valence-corrected chi connectivity index (χ4v) is 2.29. The van der Waals surface area contributed by atoms with Crippen LogP contribution in [0.15, 0.2) is 24.3 Å². The molecule has 0 aromatic heterocycles. The molecule has 0 aliphatic carbocycles. The Kier molecular flexibility index (Phi) is 5.36. The Labute approximate surface area is 115 Å². The molecule has 1 aromatic rings. The lowest BCUT2D eigenvalue weighted by molar-refractivity contribution is 0.0953. The van der Waals surface area contributed by atoms with Crippen molar-refractivity contribution in [3.05, 3.63) is 35.4 Å². The molecular weight excluding hydrogens is 238 g/mol. The van der Waals surface area contributed by atoms with Crippen LogP contribution in [-0.4, -0.2) is 38.1 Å². The molecule has 19 heavy (non-hydrogen) atoms. The zero-order chi connectivity index (χ0) is 13.5. The van der Waals surface area contributed by atoms with Gasteiger partial charge in [0.25, 0.3) is 5.91 Å².